The molecule has 0 bridgehead atoms. The van der Waals surface area contributed by atoms with Crippen LogP contribution in [-0.4, -0.2) is 38.9 Å². The van der Waals surface area contributed by atoms with Gasteiger partial charge in [-0.15, -0.1) is 0 Å². The van der Waals surface area contributed by atoms with E-state index in [1.165, 1.54) is 32.5 Å². The number of hydrogen-bond acceptors (Lipinski definition) is 7. The molecule has 0 aliphatic rings. The van der Waals surface area contributed by atoms with E-state index in [0.717, 1.165) is 21.4 Å². The normalized spacial score (nSPS) is 12.7. The number of anilines is 3. The van der Waals surface area contributed by atoms with Crippen molar-refractivity contribution in [3.63, 3.8) is 0 Å². The predicted octanol–water partition coefficient (Wildman–Crippen LogP) is 4.05. The molecule has 43 heavy (non-hydrogen) atoms. The Bertz CT molecular complexity index is 1660. The van der Waals surface area contributed by atoms with Gasteiger partial charge in [-0.2, -0.15) is 13.2 Å². The van der Waals surface area contributed by atoms with Crippen LogP contribution in [0.5, 0.6) is 5.75 Å². The lowest BCUT2D eigenvalue weighted by Crippen LogP contribution is -2.46. The number of hydrogen-bond donors (Lipinski definition) is 5. The molecule has 0 aliphatic carbocycles. The van der Waals surface area contributed by atoms with E-state index in [9.17, 15) is 26.4 Å². The van der Waals surface area contributed by atoms with E-state index < -0.39 is 34.1 Å². The number of H-pyrrole nitrogens is 1. The first-order valence-corrected chi connectivity index (χ1v) is 14.9. The third-order valence-electron chi connectivity index (χ3n) is 6.48. The predicted molar refractivity (Wildman–Crippen MR) is 160 cm³/mol. The number of amides is 1. The van der Waals surface area contributed by atoms with Crippen LogP contribution in [0.1, 0.15) is 53.8 Å². The smallest absolute Gasteiger partial charge is 0.426 e. The minimum Gasteiger partial charge on any atom is -0.492 e. The van der Waals surface area contributed by atoms with E-state index in [1.54, 1.807) is 31.2 Å². The average Bonchev–Trinajstić information content (AvgIpc) is 3.20. The number of carbonyl (C=O) groups is 1. The summed E-state index contributed by atoms with van der Waals surface area (Å²) in [5.74, 6) is 6.07. The number of nitrogens with two attached hydrogens (primary N) is 2. The third-order valence-corrected chi connectivity index (χ3v) is 7.07. The summed E-state index contributed by atoms with van der Waals surface area (Å²) in [6.07, 6.45) is -0.846. The number of sulfonamides is 1. The first-order valence-electron chi connectivity index (χ1n) is 13.0. The summed E-state index contributed by atoms with van der Waals surface area (Å²) >= 11 is 0. The average molecular weight is 625 g/mol. The maximum Gasteiger partial charge on any atom is 0.426 e. The molecule has 0 saturated carbocycles. The van der Waals surface area contributed by atoms with Crippen molar-refractivity contribution in [1.82, 2.24) is 4.98 Å². The Morgan fingerprint density at radius 2 is 1.77 bits per heavy atom. The number of nitrogens with one attached hydrogen (secondary N) is 3. The molecular weight excluding hydrogens is 587 g/mol. The minimum atomic E-state index is -4.47. The van der Waals surface area contributed by atoms with Crippen LogP contribution < -0.4 is 35.9 Å². The van der Waals surface area contributed by atoms with Crippen molar-refractivity contribution in [2.75, 3.05) is 28.4 Å². The number of nitrogens with zero attached hydrogens (tertiary/aromatic N) is 2. The van der Waals surface area contributed by atoms with Crippen LogP contribution in [0.3, 0.4) is 0 Å². The Balaban J connectivity index is 1.98. The van der Waals surface area contributed by atoms with Gasteiger partial charge in [0, 0.05) is 18.7 Å². The first kappa shape index (κ1) is 33.3. The Morgan fingerprint density at radius 1 is 1.14 bits per heavy atom. The number of benzene rings is 2. The quantitative estimate of drug-likeness (QED) is 0.136. The summed E-state index contributed by atoms with van der Waals surface area (Å²) in [5.41, 5.74) is 8.12. The number of aromatic nitrogens is 2. The number of methoxy groups -OCH3 is 1. The van der Waals surface area contributed by atoms with Crippen LogP contribution in [-0.2, 0) is 22.0 Å². The molecule has 0 saturated heterocycles. The number of imidazole rings is 1. The van der Waals surface area contributed by atoms with Crippen LogP contribution in [0, 0.1) is 13.8 Å². The van der Waals surface area contributed by atoms with Crippen LogP contribution in [0.2, 0.25) is 0 Å². The van der Waals surface area contributed by atoms with Gasteiger partial charge in [-0.05, 0) is 47.7 Å². The van der Waals surface area contributed by atoms with Crippen LogP contribution in [0.4, 0.5) is 30.2 Å². The molecule has 1 amide bonds. The second-order valence-corrected chi connectivity index (χ2v) is 12.9. The van der Waals surface area contributed by atoms with Crippen LogP contribution >= 0.6 is 0 Å². The summed E-state index contributed by atoms with van der Waals surface area (Å²) in [6.45, 7) is 7.79. The second-order valence-electron chi connectivity index (χ2n) is 11.1. The number of hydrazine groups is 1. The van der Waals surface area contributed by atoms with Gasteiger partial charge in [0.15, 0.2) is 18.0 Å². The zero-order valence-corrected chi connectivity index (χ0v) is 25.8. The Kier molecular flexibility index (Phi) is 9.41. The first-order chi connectivity index (χ1) is 19.7. The van der Waals surface area contributed by atoms with Gasteiger partial charge in [-0.25, -0.2) is 23.8 Å². The lowest BCUT2D eigenvalue weighted by Gasteiger charge is -2.24. The number of rotatable bonds is 9. The van der Waals surface area contributed by atoms with Gasteiger partial charge in [0.2, 0.25) is 10.0 Å². The fourth-order valence-corrected chi connectivity index (χ4v) is 4.84. The van der Waals surface area contributed by atoms with Gasteiger partial charge < -0.3 is 15.8 Å². The Morgan fingerprint density at radius 3 is 2.33 bits per heavy atom. The van der Waals surface area contributed by atoms with Crippen molar-refractivity contribution in [3.8, 4) is 5.75 Å². The van der Waals surface area contributed by atoms with Gasteiger partial charge in [-0.1, -0.05) is 26.8 Å². The van der Waals surface area contributed by atoms with E-state index in [-0.39, 0.29) is 39.9 Å². The molecule has 234 valence electrons. The lowest BCUT2D eigenvalue weighted by molar-refractivity contribution is -0.725. The monoisotopic (exact) mass is 624 g/mol. The van der Waals surface area contributed by atoms with Crippen molar-refractivity contribution in [2.45, 2.75) is 52.8 Å². The summed E-state index contributed by atoms with van der Waals surface area (Å²) in [6, 6.07) is 8.06. The van der Waals surface area contributed by atoms with Crippen molar-refractivity contribution < 1.29 is 35.7 Å². The number of aromatic amines is 1. The van der Waals surface area contributed by atoms with Gasteiger partial charge in [0.05, 0.1) is 30.4 Å². The molecule has 0 unspecified atom stereocenters. The number of carbonyl (C=O) groups excluding carboxylic acids is 1. The summed E-state index contributed by atoms with van der Waals surface area (Å²) in [5, 5.41) is 3.91. The minimum absolute atomic E-state index is 0.0417. The SMILES string of the molecule is COc1c(NC(=O)c2ccc(C)c(N(N)/C=C(\N)c3c[nH]c(C)[n+]3CC(F)(F)F)c2)cc(C(C)(C)C)cc1NS(C)(=O)=O. The largest absolute Gasteiger partial charge is 0.492 e. The van der Waals surface area contributed by atoms with Gasteiger partial charge in [0.1, 0.15) is 11.9 Å². The van der Waals surface area contributed by atoms with Crippen LogP contribution in [0.15, 0.2) is 42.7 Å². The van der Waals surface area contributed by atoms with Crippen molar-refractivity contribution in [1.29, 1.82) is 0 Å². The number of ether oxygens (including phenoxy) is 1. The molecule has 7 N–H and O–H groups in total. The molecule has 3 rings (SSSR count). The zero-order valence-electron chi connectivity index (χ0n) is 25.0. The molecule has 0 spiro atoms. The second kappa shape index (κ2) is 12.2. The van der Waals surface area contributed by atoms with Gasteiger partial charge in [-0.3, -0.25) is 14.5 Å². The summed E-state index contributed by atoms with van der Waals surface area (Å²) in [4.78, 5) is 16.2. The van der Waals surface area contributed by atoms with Gasteiger partial charge in [0.25, 0.3) is 11.7 Å². The summed E-state index contributed by atoms with van der Waals surface area (Å²) in [7, 11) is -2.31. The molecule has 0 fully saturated rings. The molecule has 3 aromatic rings. The Hall–Kier alpha value is -4.24. The highest BCUT2D eigenvalue weighted by Gasteiger charge is 2.34. The van der Waals surface area contributed by atoms with E-state index in [0.29, 0.717) is 11.3 Å². The highest BCUT2D eigenvalue weighted by molar-refractivity contribution is 7.92. The standard InChI is InChI=1S/C28H36F3N7O4S/c1-16-8-9-18(10-23(16)38(33)14-20(32)24-13-34-17(2)37(24)15-28(29,30)31)26(39)35-21-11-19(27(3,4)5)12-22(25(21)42-6)36-43(7,40)41/h8-14,36H,15,32-33H2,1-7H3,(H,35,39)/p+1/b20-14-. The summed E-state index contributed by atoms with van der Waals surface area (Å²) < 4.78 is 72.3. The van der Waals surface area contributed by atoms with E-state index in [4.69, 9.17) is 16.3 Å². The molecule has 1 aromatic heterocycles. The van der Waals surface area contributed by atoms with Crippen molar-refractivity contribution >= 4 is 38.7 Å². The van der Waals surface area contributed by atoms with Gasteiger partial charge >= 0.3 is 6.18 Å². The molecule has 2 aromatic carbocycles. The maximum absolute atomic E-state index is 13.4. The zero-order chi connectivity index (χ0) is 32.5. The number of halogens is 3. The Labute approximate surface area is 248 Å². The molecule has 15 heteroatoms. The van der Waals surface area contributed by atoms with Crippen LogP contribution in [0.25, 0.3) is 5.70 Å². The topological polar surface area (TPSA) is 159 Å². The van der Waals surface area contributed by atoms with Crippen molar-refractivity contribution in [3.05, 3.63) is 70.9 Å². The molecule has 0 aliphatic heterocycles. The number of alkyl halides is 3. The number of aryl methyl sites for hydroxylation is 2. The molecule has 0 atom stereocenters. The third kappa shape index (κ3) is 8.41. The highest BCUT2D eigenvalue weighted by Crippen LogP contribution is 2.39. The highest BCUT2D eigenvalue weighted by atomic mass is 32.2. The fourth-order valence-electron chi connectivity index (χ4n) is 4.29. The molecule has 1 heterocycles. The lowest BCUT2D eigenvalue weighted by atomic mass is 9.86. The van der Waals surface area contributed by atoms with E-state index >= 15 is 0 Å². The van der Waals surface area contributed by atoms with Crippen molar-refractivity contribution in [2.24, 2.45) is 11.6 Å². The maximum atomic E-state index is 13.4. The van der Waals surface area contributed by atoms with E-state index in [2.05, 4.69) is 15.0 Å². The fraction of sp³-hybridized carbons (Fsp3) is 0.357. The molecule has 11 nitrogen and oxygen atoms in total. The molecule has 0 radical (unpaired) electrons. The van der Waals surface area contributed by atoms with E-state index in [1.807, 2.05) is 20.8 Å². The molecular formula is C28H37F3N7O4S+.